The summed E-state index contributed by atoms with van der Waals surface area (Å²) in [5.74, 6) is 0. The van der Waals surface area contributed by atoms with Gasteiger partial charge in [0.2, 0.25) is 0 Å². The third kappa shape index (κ3) is 2.97. The van der Waals surface area contributed by atoms with Crippen LogP contribution in [0.15, 0.2) is 36.4 Å². The molecule has 0 aromatic heterocycles. The van der Waals surface area contributed by atoms with E-state index in [2.05, 4.69) is 6.58 Å². The average molecular weight is 244 g/mol. The Hall–Kier alpha value is -0.500. The molecule has 1 atom stereocenters. The zero-order valence-electron chi connectivity index (χ0n) is 8.93. The number of halogens is 2. The summed E-state index contributed by atoms with van der Waals surface area (Å²) in [5.41, 5.74) is 7.04. The van der Waals surface area contributed by atoms with Crippen LogP contribution in [0, 0.1) is 0 Å². The van der Waals surface area contributed by atoms with Gasteiger partial charge in [0.25, 0.3) is 0 Å². The topological polar surface area (TPSA) is 26.0 Å². The molecule has 0 bridgehead atoms. The van der Waals surface area contributed by atoms with Crippen molar-refractivity contribution in [3.05, 3.63) is 47.0 Å². The fourth-order valence-corrected chi connectivity index (χ4v) is 1.97. The zero-order chi connectivity index (χ0) is 11.6. The fraction of sp³-hybridized carbons (Fsp3) is 0.333. The predicted octanol–water partition coefficient (Wildman–Crippen LogP) is 3.91. The summed E-state index contributed by atoms with van der Waals surface area (Å²) in [5, 5.41) is 0.293. The lowest BCUT2D eigenvalue weighted by Crippen LogP contribution is -2.35. The van der Waals surface area contributed by atoms with Gasteiger partial charge in [0, 0.05) is 10.6 Å². The number of benzene rings is 1. The second kappa shape index (κ2) is 4.56. The van der Waals surface area contributed by atoms with Gasteiger partial charge in [-0.2, -0.15) is 0 Å². The van der Waals surface area contributed by atoms with Crippen LogP contribution in [0.3, 0.4) is 0 Å². The molecule has 0 aliphatic rings. The van der Waals surface area contributed by atoms with Crippen LogP contribution in [0.25, 0.3) is 0 Å². The molecular weight excluding hydrogens is 229 g/mol. The highest BCUT2D eigenvalue weighted by Gasteiger charge is 2.24. The fourth-order valence-electron chi connectivity index (χ4n) is 1.19. The maximum atomic E-state index is 6.28. The first-order valence-electron chi connectivity index (χ1n) is 4.70. The molecule has 0 aliphatic carbocycles. The summed E-state index contributed by atoms with van der Waals surface area (Å²) in [7, 11) is 0. The third-order valence-corrected chi connectivity index (χ3v) is 3.15. The van der Waals surface area contributed by atoms with E-state index >= 15 is 0 Å². The lowest BCUT2D eigenvalue weighted by molar-refractivity contribution is 0.593. The Kier molecular flexibility index (Phi) is 3.82. The minimum atomic E-state index is -0.508. The first-order valence-corrected chi connectivity index (χ1v) is 5.52. The first-order chi connectivity index (χ1) is 6.84. The van der Waals surface area contributed by atoms with Crippen LogP contribution in [-0.4, -0.2) is 5.54 Å². The van der Waals surface area contributed by atoms with Crippen LogP contribution >= 0.6 is 23.2 Å². The highest BCUT2D eigenvalue weighted by molar-refractivity contribution is 6.33. The number of hydrogen-bond acceptors (Lipinski definition) is 1. The molecule has 0 aliphatic heterocycles. The second-order valence-corrected chi connectivity index (χ2v) is 4.97. The van der Waals surface area contributed by atoms with Crippen molar-refractivity contribution < 1.29 is 0 Å². The van der Waals surface area contributed by atoms with E-state index in [1.54, 1.807) is 0 Å². The van der Waals surface area contributed by atoms with Gasteiger partial charge in [-0.15, -0.1) is 11.6 Å². The summed E-state index contributed by atoms with van der Waals surface area (Å²) in [6, 6.07) is 7.46. The highest BCUT2D eigenvalue weighted by Crippen LogP contribution is 2.36. The van der Waals surface area contributed by atoms with Crippen molar-refractivity contribution in [1.82, 2.24) is 0 Å². The molecule has 0 saturated carbocycles. The Balaban J connectivity index is 3.01. The molecule has 0 amide bonds. The van der Waals surface area contributed by atoms with Crippen molar-refractivity contribution in [3.8, 4) is 0 Å². The Morgan fingerprint density at radius 1 is 1.40 bits per heavy atom. The SMILES string of the molecule is C=C(C(Cl)c1ccccc1Cl)C(C)(C)N. The van der Waals surface area contributed by atoms with E-state index in [0.717, 1.165) is 11.1 Å². The summed E-state index contributed by atoms with van der Waals surface area (Å²) in [6.45, 7) is 7.68. The number of hydrogen-bond donors (Lipinski definition) is 1. The van der Waals surface area contributed by atoms with Crippen LogP contribution in [0.5, 0.6) is 0 Å². The molecule has 1 unspecified atom stereocenters. The molecule has 2 N–H and O–H groups in total. The van der Waals surface area contributed by atoms with Gasteiger partial charge in [0.05, 0.1) is 5.38 Å². The van der Waals surface area contributed by atoms with Gasteiger partial charge >= 0.3 is 0 Å². The Labute approximate surface area is 101 Å². The monoisotopic (exact) mass is 243 g/mol. The van der Waals surface area contributed by atoms with Gasteiger partial charge in [0.15, 0.2) is 0 Å². The van der Waals surface area contributed by atoms with Crippen molar-refractivity contribution in [2.45, 2.75) is 24.8 Å². The van der Waals surface area contributed by atoms with Crippen molar-refractivity contribution in [3.63, 3.8) is 0 Å². The van der Waals surface area contributed by atoms with Gasteiger partial charge in [-0.05, 0) is 31.1 Å². The third-order valence-electron chi connectivity index (χ3n) is 2.31. The van der Waals surface area contributed by atoms with Crippen LogP contribution in [0.1, 0.15) is 24.8 Å². The van der Waals surface area contributed by atoms with Gasteiger partial charge in [0.1, 0.15) is 0 Å². The van der Waals surface area contributed by atoms with E-state index in [1.807, 2.05) is 38.1 Å². The minimum absolute atomic E-state index is 0.348. The summed E-state index contributed by atoms with van der Waals surface area (Å²) in [6.07, 6.45) is 0. The summed E-state index contributed by atoms with van der Waals surface area (Å²) < 4.78 is 0. The molecule has 1 rings (SSSR count). The maximum Gasteiger partial charge on any atom is 0.0824 e. The standard InChI is InChI=1S/C12H15Cl2N/c1-8(12(2,3)15)11(14)9-6-4-5-7-10(9)13/h4-7,11H,1,15H2,2-3H3. The number of rotatable bonds is 3. The van der Waals surface area contributed by atoms with Crippen LogP contribution < -0.4 is 5.73 Å². The quantitative estimate of drug-likeness (QED) is 0.633. The molecule has 0 heterocycles. The molecule has 1 aromatic rings. The highest BCUT2D eigenvalue weighted by atomic mass is 35.5. The molecule has 0 radical (unpaired) electrons. The molecule has 82 valence electrons. The van der Waals surface area contributed by atoms with Crippen LogP contribution in [0.4, 0.5) is 0 Å². The Morgan fingerprint density at radius 2 is 1.93 bits per heavy atom. The Morgan fingerprint density at radius 3 is 2.40 bits per heavy atom. The van der Waals surface area contributed by atoms with Crippen molar-refractivity contribution in [2.24, 2.45) is 5.73 Å². The number of alkyl halides is 1. The van der Waals surface area contributed by atoms with Gasteiger partial charge in [-0.25, -0.2) is 0 Å². The maximum absolute atomic E-state index is 6.28. The summed E-state index contributed by atoms with van der Waals surface area (Å²) in [4.78, 5) is 0. The molecule has 0 saturated heterocycles. The smallest absolute Gasteiger partial charge is 0.0824 e. The summed E-state index contributed by atoms with van der Waals surface area (Å²) >= 11 is 12.3. The van der Waals surface area contributed by atoms with Crippen LogP contribution in [-0.2, 0) is 0 Å². The molecular formula is C12H15Cl2N. The Bertz CT molecular complexity index is 366. The van der Waals surface area contributed by atoms with E-state index in [0.29, 0.717) is 5.02 Å². The molecule has 1 nitrogen and oxygen atoms in total. The van der Waals surface area contributed by atoms with Crippen molar-refractivity contribution in [1.29, 1.82) is 0 Å². The van der Waals surface area contributed by atoms with E-state index in [4.69, 9.17) is 28.9 Å². The molecule has 0 spiro atoms. The van der Waals surface area contributed by atoms with Crippen LogP contribution in [0.2, 0.25) is 5.02 Å². The molecule has 3 heteroatoms. The zero-order valence-corrected chi connectivity index (χ0v) is 10.4. The molecule has 15 heavy (non-hydrogen) atoms. The van der Waals surface area contributed by atoms with Gasteiger partial charge < -0.3 is 5.73 Å². The second-order valence-electron chi connectivity index (χ2n) is 4.13. The largest absolute Gasteiger partial charge is 0.322 e. The average Bonchev–Trinajstić information content (AvgIpc) is 2.15. The van der Waals surface area contributed by atoms with Gasteiger partial charge in [-0.3, -0.25) is 0 Å². The lowest BCUT2D eigenvalue weighted by atomic mass is 9.91. The molecule has 0 fully saturated rings. The van der Waals surface area contributed by atoms with E-state index in [9.17, 15) is 0 Å². The number of nitrogens with two attached hydrogens (primary N) is 1. The van der Waals surface area contributed by atoms with E-state index in [1.165, 1.54) is 0 Å². The van der Waals surface area contributed by atoms with Crippen molar-refractivity contribution in [2.75, 3.05) is 0 Å². The normalized spacial score (nSPS) is 13.7. The van der Waals surface area contributed by atoms with E-state index in [-0.39, 0.29) is 5.38 Å². The molecule has 1 aromatic carbocycles. The van der Waals surface area contributed by atoms with Crippen molar-refractivity contribution >= 4 is 23.2 Å². The van der Waals surface area contributed by atoms with E-state index < -0.39 is 5.54 Å². The van der Waals surface area contributed by atoms with Gasteiger partial charge in [-0.1, -0.05) is 36.4 Å². The predicted molar refractivity (Wildman–Crippen MR) is 67.5 cm³/mol. The first kappa shape index (κ1) is 12.6. The minimum Gasteiger partial charge on any atom is -0.322 e. The lowest BCUT2D eigenvalue weighted by Gasteiger charge is -2.26.